The van der Waals surface area contributed by atoms with E-state index < -0.39 is 0 Å². The maximum absolute atomic E-state index is 5.60. The van der Waals surface area contributed by atoms with Crippen LogP contribution >= 0.6 is 0 Å². The van der Waals surface area contributed by atoms with Gasteiger partial charge in [0.25, 0.3) is 0 Å². The van der Waals surface area contributed by atoms with Gasteiger partial charge >= 0.3 is 0 Å². The zero-order valence-electron chi connectivity index (χ0n) is 7.88. The van der Waals surface area contributed by atoms with Crippen LogP contribution in [0.25, 0.3) is 0 Å². The number of rotatable bonds is 6. The summed E-state index contributed by atoms with van der Waals surface area (Å²) in [6.07, 6.45) is 4.57. The lowest BCUT2D eigenvalue weighted by atomic mass is 9.92. The van der Waals surface area contributed by atoms with Gasteiger partial charge in [-0.25, -0.2) is 0 Å². The van der Waals surface area contributed by atoms with Gasteiger partial charge in [-0.05, 0) is 18.8 Å². The fraction of sp³-hybridized carbons (Fsp3) is 0.800. The van der Waals surface area contributed by atoms with Crippen molar-refractivity contribution in [3.8, 4) is 0 Å². The van der Waals surface area contributed by atoms with Crippen molar-refractivity contribution in [3.05, 3.63) is 12.7 Å². The van der Waals surface area contributed by atoms with E-state index in [1.807, 2.05) is 6.08 Å². The molecule has 1 aliphatic carbocycles. The van der Waals surface area contributed by atoms with E-state index in [4.69, 9.17) is 10.5 Å². The number of hydrogen-bond acceptors (Lipinski definition) is 2. The van der Waals surface area contributed by atoms with E-state index in [0.29, 0.717) is 13.2 Å². The molecule has 0 aromatic carbocycles. The Kier molecular flexibility index (Phi) is 3.29. The Morgan fingerprint density at radius 2 is 2.33 bits per heavy atom. The molecule has 0 aromatic rings. The first kappa shape index (κ1) is 9.75. The van der Waals surface area contributed by atoms with Crippen LogP contribution in [0.1, 0.15) is 19.8 Å². The summed E-state index contributed by atoms with van der Waals surface area (Å²) < 4.78 is 5.55. The van der Waals surface area contributed by atoms with Gasteiger partial charge in [-0.15, -0.1) is 6.58 Å². The summed E-state index contributed by atoms with van der Waals surface area (Å²) in [5.74, 6) is 0.830. The van der Waals surface area contributed by atoms with Crippen molar-refractivity contribution in [1.82, 2.24) is 0 Å². The molecule has 0 heterocycles. The minimum absolute atomic E-state index is 0.0328. The lowest BCUT2D eigenvalue weighted by Crippen LogP contribution is -2.30. The molecule has 2 nitrogen and oxygen atoms in total. The van der Waals surface area contributed by atoms with Gasteiger partial charge in [0.15, 0.2) is 0 Å². The van der Waals surface area contributed by atoms with Gasteiger partial charge < -0.3 is 10.5 Å². The molecule has 1 aliphatic rings. The highest BCUT2D eigenvalue weighted by Crippen LogP contribution is 2.29. The third-order valence-electron chi connectivity index (χ3n) is 2.44. The molecule has 0 radical (unpaired) electrons. The summed E-state index contributed by atoms with van der Waals surface area (Å²) in [5, 5.41) is 0. The van der Waals surface area contributed by atoms with E-state index in [-0.39, 0.29) is 5.41 Å². The highest BCUT2D eigenvalue weighted by atomic mass is 16.5. The lowest BCUT2D eigenvalue weighted by Gasteiger charge is -2.23. The second kappa shape index (κ2) is 4.06. The molecule has 70 valence electrons. The van der Waals surface area contributed by atoms with Crippen molar-refractivity contribution in [1.29, 1.82) is 0 Å². The van der Waals surface area contributed by atoms with Crippen molar-refractivity contribution in [3.63, 3.8) is 0 Å². The van der Waals surface area contributed by atoms with Gasteiger partial charge in [0, 0.05) is 18.6 Å². The standard InChI is InChI=1S/C10H19NO/c1-3-10(2,7-11)8-12-6-9-4-5-9/h3,9H,1,4-8,11H2,2H3. The minimum Gasteiger partial charge on any atom is -0.380 e. The van der Waals surface area contributed by atoms with Crippen LogP contribution in [0.5, 0.6) is 0 Å². The van der Waals surface area contributed by atoms with Crippen molar-refractivity contribution in [2.24, 2.45) is 17.1 Å². The van der Waals surface area contributed by atoms with Crippen LogP contribution in [-0.4, -0.2) is 19.8 Å². The Hall–Kier alpha value is -0.340. The largest absolute Gasteiger partial charge is 0.380 e. The Morgan fingerprint density at radius 3 is 2.75 bits per heavy atom. The van der Waals surface area contributed by atoms with Gasteiger partial charge in [0.2, 0.25) is 0 Å². The molecule has 1 fully saturated rings. The molecule has 0 amide bonds. The van der Waals surface area contributed by atoms with Gasteiger partial charge in [-0.2, -0.15) is 0 Å². The summed E-state index contributed by atoms with van der Waals surface area (Å²) in [7, 11) is 0. The van der Waals surface area contributed by atoms with Crippen molar-refractivity contribution < 1.29 is 4.74 Å². The monoisotopic (exact) mass is 169 g/mol. The molecule has 0 aliphatic heterocycles. The first-order valence-corrected chi connectivity index (χ1v) is 4.61. The molecule has 0 bridgehead atoms. The molecule has 2 N–H and O–H groups in total. The highest BCUT2D eigenvalue weighted by molar-refractivity contribution is 4.92. The zero-order valence-corrected chi connectivity index (χ0v) is 7.88. The van der Waals surface area contributed by atoms with Crippen LogP contribution in [0.3, 0.4) is 0 Å². The normalized spacial score (nSPS) is 21.8. The predicted molar refractivity (Wildman–Crippen MR) is 50.9 cm³/mol. The summed E-state index contributed by atoms with van der Waals surface area (Å²) in [5.41, 5.74) is 5.57. The van der Waals surface area contributed by atoms with Crippen LogP contribution in [0.2, 0.25) is 0 Å². The molecule has 0 spiro atoms. The summed E-state index contributed by atoms with van der Waals surface area (Å²) in [6, 6.07) is 0. The van der Waals surface area contributed by atoms with Gasteiger partial charge in [0.05, 0.1) is 6.61 Å². The Balaban J connectivity index is 2.12. The van der Waals surface area contributed by atoms with E-state index in [9.17, 15) is 0 Å². The second-order valence-electron chi connectivity index (χ2n) is 4.02. The molecule has 0 saturated heterocycles. The average molecular weight is 169 g/mol. The number of ether oxygens (including phenoxy) is 1. The topological polar surface area (TPSA) is 35.2 Å². The number of hydrogen-bond donors (Lipinski definition) is 1. The molecular weight excluding hydrogens is 150 g/mol. The van der Waals surface area contributed by atoms with E-state index in [2.05, 4.69) is 13.5 Å². The smallest absolute Gasteiger partial charge is 0.0566 e. The Labute approximate surface area is 74.8 Å². The zero-order chi connectivity index (χ0) is 9.03. The molecular formula is C10H19NO. The molecule has 1 saturated carbocycles. The van der Waals surface area contributed by atoms with Crippen LogP contribution in [-0.2, 0) is 4.74 Å². The van der Waals surface area contributed by atoms with Gasteiger partial charge in [-0.3, -0.25) is 0 Å². The maximum atomic E-state index is 5.60. The average Bonchev–Trinajstić information content (AvgIpc) is 2.88. The van der Waals surface area contributed by atoms with E-state index in [1.54, 1.807) is 0 Å². The van der Waals surface area contributed by atoms with Crippen LogP contribution in [0, 0.1) is 11.3 Å². The molecule has 1 unspecified atom stereocenters. The molecule has 2 heteroatoms. The fourth-order valence-electron chi connectivity index (χ4n) is 0.944. The Bertz CT molecular complexity index is 154. The minimum atomic E-state index is -0.0328. The van der Waals surface area contributed by atoms with Crippen molar-refractivity contribution in [2.75, 3.05) is 19.8 Å². The fourth-order valence-corrected chi connectivity index (χ4v) is 0.944. The quantitative estimate of drug-likeness (QED) is 0.612. The third-order valence-corrected chi connectivity index (χ3v) is 2.44. The first-order chi connectivity index (χ1) is 5.70. The van der Waals surface area contributed by atoms with Crippen LogP contribution < -0.4 is 5.73 Å². The lowest BCUT2D eigenvalue weighted by molar-refractivity contribution is 0.0723. The molecule has 0 aromatic heterocycles. The van der Waals surface area contributed by atoms with E-state index in [0.717, 1.165) is 12.5 Å². The summed E-state index contributed by atoms with van der Waals surface area (Å²) in [4.78, 5) is 0. The predicted octanol–water partition coefficient (Wildman–Crippen LogP) is 1.56. The molecule has 1 atom stereocenters. The van der Waals surface area contributed by atoms with Gasteiger partial charge in [-0.1, -0.05) is 13.0 Å². The van der Waals surface area contributed by atoms with E-state index in [1.165, 1.54) is 12.8 Å². The maximum Gasteiger partial charge on any atom is 0.0566 e. The van der Waals surface area contributed by atoms with Gasteiger partial charge in [0.1, 0.15) is 0 Å². The number of nitrogens with two attached hydrogens (primary N) is 1. The van der Waals surface area contributed by atoms with Crippen LogP contribution in [0.15, 0.2) is 12.7 Å². The van der Waals surface area contributed by atoms with Crippen molar-refractivity contribution >= 4 is 0 Å². The Morgan fingerprint density at radius 1 is 1.67 bits per heavy atom. The second-order valence-corrected chi connectivity index (χ2v) is 4.02. The molecule has 1 rings (SSSR count). The SMILES string of the molecule is C=CC(C)(CN)COCC1CC1. The first-order valence-electron chi connectivity index (χ1n) is 4.61. The molecule has 12 heavy (non-hydrogen) atoms. The highest BCUT2D eigenvalue weighted by Gasteiger charge is 2.24. The third kappa shape index (κ3) is 2.95. The van der Waals surface area contributed by atoms with Crippen molar-refractivity contribution in [2.45, 2.75) is 19.8 Å². The summed E-state index contributed by atoms with van der Waals surface area (Å²) >= 11 is 0. The summed E-state index contributed by atoms with van der Waals surface area (Å²) in [6.45, 7) is 8.06. The van der Waals surface area contributed by atoms with Crippen LogP contribution in [0.4, 0.5) is 0 Å². The van der Waals surface area contributed by atoms with E-state index >= 15 is 0 Å².